The lowest BCUT2D eigenvalue weighted by Gasteiger charge is -2.11. The van der Waals surface area contributed by atoms with Crippen LogP contribution in [0.5, 0.6) is 0 Å². The first-order valence-electron chi connectivity index (χ1n) is 11.2. The molecule has 1 aromatic carbocycles. The molecule has 3 atom stereocenters. The highest BCUT2D eigenvalue weighted by Gasteiger charge is 2.43. The summed E-state index contributed by atoms with van der Waals surface area (Å²) in [5, 5.41) is 15.9. The average Bonchev–Trinajstić information content (AvgIpc) is 3.23. The van der Waals surface area contributed by atoms with Gasteiger partial charge in [0.15, 0.2) is 0 Å². The maximum atomic E-state index is 13.3. The fourth-order valence-electron chi connectivity index (χ4n) is 3.66. The molecule has 9 nitrogen and oxygen atoms in total. The predicted octanol–water partition coefficient (Wildman–Crippen LogP) is 3.91. The van der Waals surface area contributed by atoms with Crippen LogP contribution in [0.1, 0.15) is 39.8 Å². The lowest BCUT2D eigenvalue weighted by molar-refractivity contribution is -0.0581. The summed E-state index contributed by atoms with van der Waals surface area (Å²) in [6.07, 6.45) is -2.24. The maximum Gasteiger partial charge on any atom is 0.274 e. The number of benzene rings is 1. The minimum atomic E-state index is -2.87. The molecule has 1 aliphatic carbocycles. The first-order valence-corrected chi connectivity index (χ1v) is 11.2. The summed E-state index contributed by atoms with van der Waals surface area (Å²) < 4.78 is 49.9. The van der Waals surface area contributed by atoms with E-state index in [1.54, 1.807) is 34.9 Å². The molecule has 36 heavy (non-hydrogen) atoms. The van der Waals surface area contributed by atoms with Crippen LogP contribution in [0, 0.1) is 6.92 Å². The molecule has 1 saturated carbocycles. The van der Waals surface area contributed by atoms with Gasteiger partial charge >= 0.3 is 0 Å². The van der Waals surface area contributed by atoms with Crippen molar-refractivity contribution in [3.8, 4) is 11.4 Å². The highest BCUT2D eigenvalue weighted by Crippen LogP contribution is 2.43. The van der Waals surface area contributed by atoms with Gasteiger partial charge in [-0.2, -0.15) is 4.98 Å². The second-order valence-electron chi connectivity index (χ2n) is 8.62. The van der Waals surface area contributed by atoms with Crippen molar-refractivity contribution in [1.82, 2.24) is 19.5 Å². The number of aryl methyl sites for hydroxylation is 1. The van der Waals surface area contributed by atoms with Gasteiger partial charge in [0.2, 0.25) is 11.7 Å². The monoisotopic (exact) mass is 501 g/mol. The third-order valence-corrected chi connectivity index (χ3v) is 5.87. The zero-order valence-corrected chi connectivity index (χ0v) is 19.1. The number of ether oxygens (including phenoxy) is 1. The molecule has 12 heteroatoms. The SMILES string of the molecule is Cc1ccc(-c2noc([C@H]3C[C@@H]3F)n2)cc1NC(=O)c1cnc2cc(COC[C@@H](O)C(F)F)ccn12. The number of nitrogens with one attached hydrogen (secondary N) is 1. The van der Waals surface area contributed by atoms with Gasteiger partial charge in [0.1, 0.15) is 23.6 Å². The van der Waals surface area contributed by atoms with Gasteiger partial charge in [-0.05, 0) is 42.7 Å². The summed E-state index contributed by atoms with van der Waals surface area (Å²) in [6.45, 7) is 1.35. The highest BCUT2D eigenvalue weighted by atomic mass is 19.3. The number of hydrogen-bond acceptors (Lipinski definition) is 7. The fourth-order valence-corrected chi connectivity index (χ4v) is 3.66. The number of halogens is 3. The lowest BCUT2D eigenvalue weighted by atomic mass is 10.1. The first kappa shape index (κ1) is 23.9. The molecule has 0 saturated heterocycles. The number of rotatable bonds is 9. The van der Waals surface area contributed by atoms with E-state index in [1.165, 1.54) is 6.20 Å². The van der Waals surface area contributed by atoms with Crippen LogP contribution in [0.2, 0.25) is 0 Å². The van der Waals surface area contributed by atoms with Crippen LogP contribution in [-0.4, -0.2) is 55.8 Å². The van der Waals surface area contributed by atoms with Crippen LogP contribution in [0.25, 0.3) is 17.0 Å². The van der Waals surface area contributed by atoms with Crippen molar-refractivity contribution in [2.45, 2.75) is 44.6 Å². The average molecular weight is 501 g/mol. The van der Waals surface area contributed by atoms with E-state index >= 15 is 0 Å². The van der Waals surface area contributed by atoms with Gasteiger partial charge < -0.3 is 19.7 Å². The second kappa shape index (κ2) is 9.70. The number of carbonyl (C=O) groups excluding carboxylic acids is 1. The summed E-state index contributed by atoms with van der Waals surface area (Å²) in [4.78, 5) is 21.6. The van der Waals surface area contributed by atoms with Crippen LogP contribution >= 0.6 is 0 Å². The van der Waals surface area contributed by atoms with Crippen molar-refractivity contribution in [3.63, 3.8) is 0 Å². The highest BCUT2D eigenvalue weighted by molar-refractivity contribution is 6.04. The molecular formula is C24H22F3N5O4. The number of anilines is 1. The lowest BCUT2D eigenvalue weighted by Crippen LogP contribution is -2.23. The summed E-state index contributed by atoms with van der Waals surface area (Å²) in [5.41, 5.74) is 3.35. The van der Waals surface area contributed by atoms with E-state index in [2.05, 4.69) is 20.4 Å². The number of aromatic nitrogens is 4. The van der Waals surface area contributed by atoms with Crippen LogP contribution in [0.4, 0.5) is 18.9 Å². The Morgan fingerprint density at radius 1 is 1.33 bits per heavy atom. The van der Waals surface area contributed by atoms with Crippen LogP contribution in [0.15, 0.2) is 47.2 Å². The number of nitrogens with zero attached hydrogens (tertiary/aromatic N) is 4. The van der Waals surface area contributed by atoms with Gasteiger partial charge in [-0.3, -0.25) is 9.20 Å². The summed E-state index contributed by atoms with van der Waals surface area (Å²) >= 11 is 0. The Labute approximate surface area is 202 Å². The standard InChI is InChI=1S/C24H22F3N5O4/c1-12-2-3-14(22-30-24(36-31-22)15-8-16(15)25)7-17(12)29-23(34)18-9-28-20-6-13(4-5-32(18)20)10-35-11-19(33)21(26)27/h2-7,9,15-16,19,21,33H,8,10-11H2,1H3,(H,29,34)/t15-,16-,19+/m0/s1. The van der Waals surface area contributed by atoms with Gasteiger partial charge in [0.25, 0.3) is 12.3 Å². The molecule has 5 rings (SSSR count). The quantitative estimate of drug-likeness (QED) is 0.357. The van der Waals surface area contributed by atoms with Crippen molar-refractivity contribution in [2.24, 2.45) is 0 Å². The Morgan fingerprint density at radius 2 is 2.14 bits per heavy atom. The van der Waals surface area contributed by atoms with Crippen molar-refractivity contribution in [3.05, 3.63) is 65.4 Å². The van der Waals surface area contributed by atoms with E-state index in [1.807, 2.05) is 13.0 Å². The number of hydrogen-bond donors (Lipinski definition) is 2. The van der Waals surface area contributed by atoms with E-state index in [0.29, 0.717) is 34.7 Å². The van der Waals surface area contributed by atoms with Crippen LogP contribution in [0.3, 0.4) is 0 Å². The molecule has 0 bridgehead atoms. The molecule has 0 aliphatic heterocycles. The van der Waals surface area contributed by atoms with E-state index in [0.717, 1.165) is 5.56 Å². The van der Waals surface area contributed by atoms with Crippen molar-refractivity contribution < 1.29 is 32.3 Å². The van der Waals surface area contributed by atoms with Gasteiger partial charge in [-0.15, -0.1) is 0 Å². The first-order chi connectivity index (χ1) is 17.3. The number of alkyl halides is 3. The second-order valence-corrected chi connectivity index (χ2v) is 8.62. The minimum Gasteiger partial charge on any atom is -0.385 e. The molecule has 1 aliphatic rings. The molecule has 1 fully saturated rings. The van der Waals surface area contributed by atoms with E-state index in [9.17, 15) is 18.0 Å². The number of fused-ring (bicyclic) bond motifs is 1. The van der Waals surface area contributed by atoms with E-state index in [4.69, 9.17) is 14.4 Å². The Balaban J connectivity index is 1.29. The Hall–Kier alpha value is -3.77. The predicted molar refractivity (Wildman–Crippen MR) is 122 cm³/mol. The largest absolute Gasteiger partial charge is 0.385 e. The topological polar surface area (TPSA) is 115 Å². The zero-order valence-electron chi connectivity index (χ0n) is 19.1. The van der Waals surface area contributed by atoms with Crippen LogP contribution in [-0.2, 0) is 11.3 Å². The smallest absolute Gasteiger partial charge is 0.274 e. The molecule has 188 valence electrons. The summed E-state index contributed by atoms with van der Waals surface area (Å²) in [5.74, 6) is -0.171. The van der Waals surface area contributed by atoms with Gasteiger partial charge in [-0.1, -0.05) is 17.3 Å². The Bertz CT molecular complexity index is 1410. The molecule has 4 aromatic rings. The number of amides is 1. The number of carbonyl (C=O) groups is 1. The molecule has 3 heterocycles. The number of pyridine rings is 1. The third-order valence-electron chi connectivity index (χ3n) is 5.87. The van der Waals surface area contributed by atoms with E-state index in [-0.39, 0.29) is 24.1 Å². The molecule has 0 radical (unpaired) electrons. The zero-order chi connectivity index (χ0) is 25.4. The van der Waals surface area contributed by atoms with Gasteiger partial charge in [0, 0.05) is 17.4 Å². The molecule has 0 unspecified atom stereocenters. The molecule has 3 aromatic heterocycles. The molecule has 0 spiro atoms. The maximum absolute atomic E-state index is 13.3. The van der Waals surface area contributed by atoms with Gasteiger partial charge in [0.05, 0.1) is 25.3 Å². The van der Waals surface area contributed by atoms with Crippen LogP contribution < -0.4 is 5.32 Å². The Morgan fingerprint density at radius 3 is 2.89 bits per heavy atom. The molecule has 1 amide bonds. The summed E-state index contributed by atoms with van der Waals surface area (Å²) in [6, 6.07) is 8.64. The van der Waals surface area contributed by atoms with E-state index < -0.39 is 31.2 Å². The Kier molecular flexibility index (Phi) is 6.46. The minimum absolute atomic E-state index is 0.00514. The third kappa shape index (κ3) is 4.95. The number of aliphatic hydroxyl groups is 1. The van der Waals surface area contributed by atoms with Crippen molar-refractivity contribution in [2.75, 3.05) is 11.9 Å². The normalized spacial score (nSPS) is 18.1. The van der Waals surface area contributed by atoms with Crippen molar-refractivity contribution in [1.29, 1.82) is 0 Å². The molecule has 2 N–H and O–H groups in total. The molecular weight excluding hydrogens is 479 g/mol. The number of imidazole rings is 1. The van der Waals surface area contributed by atoms with Gasteiger partial charge in [-0.25, -0.2) is 18.2 Å². The summed E-state index contributed by atoms with van der Waals surface area (Å²) in [7, 11) is 0. The number of aliphatic hydroxyl groups excluding tert-OH is 1. The fraction of sp³-hybridized carbons (Fsp3) is 0.333. The van der Waals surface area contributed by atoms with Crippen molar-refractivity contribution >= 4 is 17.2 Å².